The second kappa shape index (κ2) is 4.97. The second-order valence-electron chi connectivity index (χ2n) is 3.16. The maximum Gasteiger partial charge on any atom is 0.0816 e. The van der Waals surface area contributed by atoms with E-state index in [4.69, 9.17) is 11.5 Å². The van der Waals surface area contributed by atoms with Gasteiger partial charge < -0.3 is 16.6 Å². The molecule has 3 heteroatoms. The first-order chi connectivity index (χ1) is 6.24. The molecule has 0 fully saturated rings. The zero-order chi connectivity index (χ0) is 9.68. The monoisotopic (exact) mass is 180 g/mol. The van der Waals surface area contributed by atoms with Crippen LogP contribution in [0.2, 0.25) is 0 Å². The van der Waals surface area contributed by atoms with Gasteiger partial charge in [-0.05, 0) is 12.0 Å². The van der Waals surface area contributed by atoms with Gasteiger partial charge >= 0.3 is 0 Å². The summed E-state index contributed by atoms with van der Waals surface area (Å²) in [5.41, 5.74) is 12.2. The molecule has 0 saturated carbocycles. The number of hydrogen-bond donors (Lipinski definition) is 3. The summed E-state index contributed by atoms with van der Waals surface area (Å²) >= 11 is 0. The number of benzene rings is 1. The minimum absolute atomic E-state index is 0.216. The number of nitrogens with two attached hydrogens (primary N) is 2. The first-order valence-electron chi connectivity index (χ1n) is 4.41. The van der Waals surface area contributed by atoms with Gasteiger partial charge in [-0.15, -0.1) is 0 Å². The van der Waals surface area contributed by atoms with Crippen LogP contribution in [0.1, 0.15) is 5.56 Å². The Labute approximate surface area is 78.4 Å². The van der Waals surface area contributed by atoms with Crippen molar-refractivity contribution in [1.29, 1.82) is 0 Å². The molecule has 0 amide bonds. The lowest BCUT2D eigenvalue weighted by Gasteiger charge is -2.16. The molecule has 1 rings (SSSR count). The van der Waals surface area contributed by atoms with Crippen LogP contribution in [0.5, 0.6) is 0 Å². The van der Waals surface area contributed by atoms with Crippen molar-refractivity contribution in [3.05, 3.63) is 35.9 Å². The van der Waals surface area contributed by atoms with Gasteiger partial charge in [-0.3, -0.25) is 0 Å². The van der Waals surface area contributed by atoms with Crippen molar-refractivity contribution < 1.29 is 5.11 Å². The largest absolute Gasteiger partial charge is 0.390 e. The Morgan fingerprint density at radius 2 is 1.85 bits per heavy atom. The van der Waals surface area contributed by atoms with Crippen LogP contribution in [-0.4, -0.2) is 23.8 Å². The SMILES string of the molecule is NC[C@H](O)[C@@H](N)Cc1ccccc1. The Morgan fingerprint density at radius 3 is 2.38 bits per heavy atom. The molecule has 0 aliphatic heterocycles. The number of aliphatic hydroxyl groups excluding tert-OH is 1. The minimum Gasteiger partial charge on any atom is -0.390 e. The molecule has 0 spiro atoms. The number of rotatable bonds is 4. The molecule has 0 radical (unpaired) electrons. The predicted molar refractivity (Wildman–Crippen MR) is 53.2 cm³/mol. The number of aliphatic hydroxyl groups is 1. The van der Waals surface area contributed by atoms with Crippen LogP contribution in [-0.2, 0) is 6.42 Å². The van der Waals surface area contributed by atoms with Crippen molar-refractivity contribution in [3.8, 4) is 0 Å². The highest BCUT2D eigenvalue weighted by molar-refractivity contribution is 5.16. The van der Waals surface area contributed by atoms with E-state index in [1.165, 1.54) is 0 Å². The van der Waals surface area contributed by atoms with E-state index in [0.29, 0.717) is 6.42 Å². The third-order valence-corrected chi connectivity index (χ3v) is 2.05. The normalized spacial score (nSPS) is 15.3. The summed E-state index contributed by atoms with van der Waals surface area (Å²) in [6.45, 7) is 0.216. The van der Waals surface area contributed by atoms with E-state index in [-0.39, 0.29) is 12.6 Å². The highest BCUT2D eigenvalue weighted by atomic mass is 16.3. The van der Waals surface area contributed by atoms with E-state index in [1.807, 2.05) is 30.3 Å². The molecule has 5 N–H and O–H groups in total. The lowest BCUT2D eigenvalue weighted by atomic mass is 10.0. The third kappa shape index (κ3) is 3.14. The fourth-order valence-corrected chi connectivity index (χ4v) is 1.20. The van der Waals surface area contributed by atoms with E-state index < -0.39 is 6.10 Å². The summed E-state index contributed by atoms with van der Waals surface area (Å²) in [5, 5.41) is 9.34. The van der Waals surface area contributed by atoms with Gasteiger partial charge in [-0.1, -0.05) is 30.3 Å². The van der Waals surface area contributed by atoms with Crippen LogP contribution in [0.4, 0.5) is 0 Å². The standard InChI is InChI=1S/C10H16N2O/c11-7-10(13)9(12)6-8-4-2-1-3-5-8/h1-5,9-10,13H,6-7,11-12H2/t9-,10-/m0/s1. The molecule has 0 heterocycles. The molecule has 0 bridgehead atoms. The first-order valence-corrected chi connectivity index (χ1v) is 4.41. The Morgan fingerprint density at radius 1 is 1.23 bits per heavy atom. The van der Waals surface area contributed by atoms with Gasteiger partial charge in [0.1, 0.15) is 0 Å². The highest BCUT2D eigenvalue weighted by Gasteiger charge is 2.12. The van der Waals surface area contributed by atoms with Gasteiger partial charge in [0.25, 0.3) is 0 Å². The maximum atomic E-state index is 9.34. The van der Waals surface area contributed by atoms with Crippen molar-refractivity contribution in [2.24, 2.45) is 11.5 Å². The molecule has 0 aliphatic rings. The van der Waals surface area contributed by atoms with Gasteiger partial charge in [0.15, 0.2) is 0 Å². The minimum atomic E-state index is -0.611. The topological polar surface area (TPSA) is 72.3 Å². The Hall–Kier alpha value is -0.900. The Bertz CT molecular complexity index is 238. The van der Waals surface area contributed by atoms with Crippen LogP contribution < -0.4 is 11.5 Å². The molecule has 0 aliphatic carbocycles. The molecule has 1 aromatic carbocycles. The molecule has 0 aromatic heterocycles. The molecule has 13 heavy (non-hydrogen) atoms. The fraction of sp³-hybridized carbons (Fsp3) is 0.400. The van der Waals surface area contributed by atoms with Crippen LogP contribution in [0.15, 0.2) is 30.3 Å². The number of hydrogen-bond acceptors (Lipinski definition) is 3. The first kappa shape index (κ1) is 10.2. The predicted octanol–water partition coefficient (Wildman–Crippen LogP) is -0.124. The van der Waals surface area contributed by atoms with Crippen molar-refractivity contribution >= 4 is 0 Å². The average molecular weight is 180 g/mol. The summed E-state index contributed by atoms with van der Waals surface area (Å²) in [6.07, 6.45) is 0.0550. The van der Waals surface area contributed by atoms with Crippen LogP contribution in [0.25, 0.3) is 0 Å². The molecular formula is C10H16N2O. The summed E-state index contributed by atoms with van der Waals surface area (Å²) in [4.78, 5) is 0. The molecule has 1 aromatic rings. The van der Waals surface area contributed by atoms with E-state index in [0.717, 1.165) is 5.56 Å². The van der Waals surface area contributed by atoms with Gasteiger partial charge in [0.05, 0.1) is 6.10 Å². The molecule has 72 valence electrons. The average Bonchev–Trinajstić information content (AvgIpc) is 2.18. The smallest absolute Gasteiger partial charge is 0.0816 e. The highest BCUT2D eigenvalue weighted by Crippen LogP contribution is 2.03. The Kier molecular flexibility index (Phi) is 3.89. The van der Waals surface area contributed by atoms with E-state index in [1.54, 1.807) is 0 Å². The van der Waals surface area contributed by atoms with Crippen LogP contribution in [0.3, 0.4) is 0 Å². The van der Waals surface area contributed by atoms with Crippen molar-refractivity contribution in [1.82, 2.24) is 0 Å². The molecule has 0 saturated heterocycles. The lowest BCUT2D eigenvalue weighted by Crippen LogP contribution is -2.41. The van der Waals surface area contributed by atoms with Gasteiger partial charge in [-0.25, -0.2) is 0 Å². The zero-order valence-corrected chi connectivity index (χ0v) is 7.56. The summed E-state index contributed by atoms with van der Waals surface area (Å²) in [7, 11) is 0. The molecule has 0 unspecified atom stereocenters. The quantitative estimate of drug-likeness (QED) is 0.604. The van der Waals surface area contributed by atoms with Gasteiger partial charge in [-0.2, -0.15) is 0 Å². The van der Waals surface area contributed by atoms with E-state index in [2.05, 4.69) is 0 Å². The van der Waals surface area contributed by atoms with E-state index >= 15 is 0 Å². The molecule has 3 nitrogen and oxygen atoms in total. The van der Waals surface area contributed by atoms with E-state index in [9.17, 15) is 5.11 Å². The fourth-order valence-electron chi connectivity index (χ4n) is 1.20. The lowest BCUT2D eigenvalue weighted by molar-refractivity contribution is 0.152. The molecular weight excluding hydrogens is 164 g/mol. The van der Waals surface area contributed by atoms with Gasteiger partial charge in [0.2, 0.25) is 0 Å². The van der Waals surface area contributed by atoms with Crippen molar-refractivity contribution in [2.75, 3.05) is 6.54 Å². The molecule has 2 atom stereocenters. The second-order valence-corrected chi connectivity index (χ2v) is 3.16. The summed E-state index contributed by atoms with van der Waals surface area (Å²) in [5.74, 6) is 0. The Balaban J connectivity index is 2.50. The summed E-state index contributed by atoms with van der Waals surface area (Å²) in [6, 6.07) is 9.57. The van der Waals surface area contributed by atoms with Crippen molar-refractivity contribution in [3.63, 3.8) is 0 Å². The van der Waals surface area contributed by atoms with Crippen molar-refractivity contribution in [2.45, 2.75) is 18.6 Å². The zero-order valence-electron chi connectivity index (χ0n) is 7.56. The summed E-state index contributed by atoms with van der Waals surface area (Å²) < 4.78 is 0. The third-order valence-electron chi connectivity index (χ3n) is 2.05. The van der Waals surface area contributed by atoms with Crippen LogP contribution >= 0.6 is 0 Å². The van der Waals surface area contributed by atoms with Gasteiger partial charge in [0, 0.05) is 12.6 Å². The van der Waals surface area contributed by atoms with Crippen LogP contribution in [0, 0.1) is 0 Å². The maximum absolute atomic E-state index is 9.34.